The average molecular weight is 494 g/mol. The molecule has 0 spiro atoms. The molecule has 0 unspecified atom stereocenters. The average Bonchev–Trinajstić information content (AvgIpc) is 3.40. The van der Waals surface area contributed by atoms with Crippen LogP contribution in [-0.2, 0) is 28.7 Å². The molecule has 3 fully saturated rings. The van der Waals surface area contributed by atoms with Crippen molar-refractivity contribution in [1.29, 1.82) is 0 Å². The fourth-order valence-corrected chi connectivity index (χ4v) is 5.42. The summed E-state index contributed by atoms with van der Waals surface area (Å²) >= 11 is 0. The van der Waals surface area contributed by atoms with Gasteiger partial charge in [-0.05, 0) is 38.5 Å². The van der Waals surface area contributed by atoms with Crippen LogP contribution in [0.4, 0.5) is 0 Å². The minimum Gasteiger partial charge on any atom is -0.469 e. The fraction of sp³-hybridized carbons (Fsp3) is 0.846. The van der Waals surface area contributed by atoms with E-state index < -0.39 is 0 Å². The first kappa shape index (κ1) is 27.4. The number of hydrogen-bond donors (Lipinski definition) is 0. The van der Waals surface area contributed by atoms with Gasteiger partial charge in [-0.2, -0.15) is 0 Å². The number of likely N-dealkylation sites (tertiary alicyclic amines) is 2. The van der Waals surface area contributed by atoms with Gasteiger partial charge < -0.3 is 24.2 Å². The van der Waals surface area contributed by atoms with Crippen LogP contribution in [0, 0.1) is 5.92 Å². The third kappa shape index (κ3) is 8.19. The van der Waals surface area contributed by atoms with Crippen LogP contribution in [0.15, 0.2) is 0 Å². The molecule has 3 amide bonds. The zero-order valence-electron chi connectivity index (χ0n) is 21.4. The normalized spacial score (nSPS) is 21.3. The molecule has 0 aromatic rings. The number of carbonyl (C=O) groups excluding carboxylic acids is 4. The summed E-state index contributed by atoms with van der Waals surface area (Å²) in [7, 11) is 1.41. The summed E-state index contributed by atoms with van der Waals surface area (Å²) in [6, 6.07) is -0.340. The van der Waals surface area contributed by atoms with Gasteiger partial charge in [0, 0.05) is 51.5 Å². The molecule has 0 aromatic heterocycles. The van der Waals surface area contributed by atoms with E-state index in [0.29, 0.717) is 71.6 Å². The van der Waals surface area contributed by atoms with Gasteiger partial charge in [0.05, 0.1) is 20.3 Å². The highest BCUT2D eigenvalue weighted by molar-refractivity contribution is 5.88. The summed E-state index contributed by atoms with van der Waals surface area (Å²) in [6.45, 7) is 4.37. The Morgan fingerprint density at radius 2 is 1.34 bits per heavy atom. The molecule has 1 atom stereocenters. The number of amides is 3. The Hall–Kier alpha value is -2.16. The van der Waals surface area contributed by atoms with Gasteiger partial charge in [-0.15, -0.1) is 0 Å². The highest BCUT2D eigenvalue weighted by atomic mass is 16.5. The molecule has 9 heteroatoms. The van der Waals surface area contributed by atoms with Crippen molar-refractivity contribution >= 4 is 23.7 Å². The van der Waals surface area contributed by atoms with Crippen molar-refractivity contribution in [2.75, 3.05) is 53.0 Å². The van der Waals surface area contributed by atoms with Crippen LogP contribution in [0.5, 0.6) is 0 Å². The summed E-state index contributed by atoms with van der Waals surface area (Å²) in [4.78, 5) is 55.5. The molecule has 0 bridgehead atoms. The van der Waals surface area contributed by atoms with Crippen LogP contribution in [0.3, 0.4) is 0 Å². The third-order valence-corrected chi connectivity index (χ3v) is 7.59. The van der Waals surface area contributed by atoms with Crippen molar-refractivity contribution in [1.82, 2.24) is 14.7 Å². The number of morpholine rings is 1. The van der Waals surface area contributed by atoms with Gasteiger partial charge in [-0.25, -0.2) is 0 Å². The van der Waals surface area contributed by atoms with Gasteiger partial charge in [0.25, 0.3) is 0 Å². The van der Waals surface area contributed by atoms with Crippen LogP contribution < -0.4 is 0 Å². The maximum Gasteiger partial charge on any atom is 0.305 e. The lowest BCUT2D eigenvalue weighted by atomic mass is 9.94. The number of nitrogens with zero attached hydrogens (tertiary/aromatic N) is 3. The quantitative estimate of drug-likeness (QED) is 0.324. The van der Waals surface area contributed by atoms with Gasteiger partial charge in [-0.1, -0.05) is 25.7 Å². The zero-order valence-corrected chi connectivity index (χ0v) is 21.4. The first-order valence-corrected chi connectivity index (χ1v) is 13.5. The second kappa shape index (κ2) is 14.4. The van der Waals surface area contributed by atoms with Crippen LogP contribution in [0.1, 0.15) is 77.0 Å². The number of rotatable bonds is 11. The molecule has 9 nitrogen and oxygen atoms in total. The van der Waals surface area contributed by atoms with Crippen molar-refractivity contribution in [3.8, 4) is 0 Å². The van der Waals surface area contributed by atoms with Gasteiger partial charge in [0.15, 0.2) is 0 Å². The van der Waals surface area contributed by atoms with E-state index >= 15 is 0 Å². The van der Waals surface area contributed by atoms with E-state index in [1.165, 1.54) is 7.11 Å². The number of piperidine rings is 1. The molecular formula is C26H43N3O6. The Balaban J connectivity index is 1.33. The highest BCUT2D eigenvalue weighted by Crippen LogP contribution is 2.25. The predicted molar refractivity (Wildman–Crippen MR) is 130 cm³/mol. The minimum absolute atomic E-state index is 0.0149. The Morgan fingerprint density at radius 1 is 0.743 bits per heavy atom. The molecule has 0 N–H and O–H groups in total. The Morgan fingerprint density at radius 3 is 2.00 bits per heavy atom. The van der Waals surface area contributed by atoms with Crippen LogP contribution in [0.25, 0.3) is 0 Å². The minimum atomic E-state index is -0.340. The molecule has 3 aliphatic heterocycles. The van der Waals surface area contributed by atoms with E-state index in [-0.39, 0.29) is 35.7 Å². The first-order chi connectivity index (χ1) is 17.0. The van der Waals surface area contributed by atoms with Crippen LogP contribution >= 0.6 is 0 Å². The lowest BCUT2D eigenvalue weighted by Gasteiger charge is -2.37. The van der Waals surface area contributed by atoms with E-state index in [9.17, 15) is 19.2 Å². The highest BCUT2D eigenvalue weighted by Gasteiger charge is 2.38. The zero-order chi connectivity index (χ0) is 25.0. The van der Waals surface area contributed by atoms with E-state index in [1.54, 1.807) is 4.90 Å². The lowest BCUT2D eigenvalue weighted by Crippen LogP contribution is -2.52. The number of hydrogen-bond acceptors (Lipinski definition) is 6. The van der Waals surface area contributed by atoms with Crippen molar-refractivity contribution in [3.05, 3.63) is 0 Å². The number of methoxy groups -OCH3 is 1. The number of esters is 1. The largest absolute Gasteiger partial charge is 0.469 e. The summed E-state index contributed by atoms with van der Waals surface area (Å²) in [5.41, 5.74) is 0. The van der Waals surface area contributed by atoms with Gasteiger partial charge in [0.1, 0.15) is 6.04 Å². The van der Waals surface area contributed by atoms with Crippen LogP contribution in [0.2, 0.25) is 0 Å². The molecule has 35 heavy (non-hydrogen) atoms. The Bertz CT molecular complexity index is 716. The molecule has 198 valence electrons. The number of ether oxygens (including phenoxy) is 2. The maximum atomic E-state index is 13.2. The summed E-state index contributed by atoms with van der Waals surface area (Å²) in [5, 5.41) is 0. The molecule has 3 saturated heterocycles. The lowest BCUT2D eigenvalue weighted by molar-refractivity contribution is -0.147. The predicted octanol–water partition coefficient (Wildman–Crippen LogP) is 2.37. The van der Waals surface area contributed by atoms with Crippen molar-refractivity contribution in [2.45, 2.75) is 83.1 Å². The molecule has 0 aromatic carbocycles. The molecular weight excluding hydrogens is 450 g/mol. The van der Waals surface area contributed by atoms with Crippen LogP contribution in [-0.4, -0.2) is 97.5 Å². The summed E-state index contributed by atoms with van der Waals surface area (Å²) in [6.07, 6.45) is 9.74. The SMILES string of the molecule is COC(=O)CCCCCCCCC(=O)N1CCC[C@H]1C(=O)N1CCC(C(=O)N2CCOCC2)CC1. The summed E-state index contributed by atoms with van der Waals surface area (Å²) < 4.78 is 9.98. The van der Waals surface area contributed by atoms with Crippen molar-refractivity contribution in [3.63, 3.8) is 0 Å². The topological polar surface area (TPSA) is 96.5 Å². The second-order valence-corrected chi connectivity index (χ2v) is 9.98. The molecule has 0 radical (unpaired) electrons. The molecule has 3 rings (SSSR count). The Labute approximate surface area is 209 Å². The second-order valence-electron chi connectivity index (χ2n) is 9.98. The molecule has 0 aliphatic carbocycles. The number of unbranched alkanes of at least 4 members (excludes halogenated alkanes) is 5. The van der Waals surface area contributed by atoms with E-state index in [4.69, 9.17) is 4.74 Å². The van der Waals surface area contributed by atoms with Gasteiger partial charge in [0.2, 0.25) is 17.7 Å². The first-order valence-electron chi connectivity index (χ1n) is 13.5. The molecule has 3 aliphatic rings. The van der Waals surface area contributed by atoms with E-state index in [1.807, 2.05) is 9.80 Å². The number of carbonyl (C=O) groups is 4. The molecule has 0 saturated carbocycles. The Kier molecular flexibility index (Phi) is 11.3. The molecule has 3 heterocycles. The van der Waals surface area contributed by atoms with Crippen molar-refractivity contribution in [2.24, 2.45) is 5.92 Å². The smallest absolute Gasteiger partial charge is 0.305 e. The summed E-state index contributed by atoms with van der Waals surface area (Å²) in [5.74, 6) is 0.166. The van der Waals surface area contributed by atoms with Gasteiger partial charge >= 0.3 is 5.97 Å². The van der Waals surface area contributed by atoms with E-state index in [0.717, 1.165) is 51.4 Å². The maximum absolute atomic E-state index is 13.2. The standard InChI is InChI=1S/C26H43N3O6/c1-34-24(31)11-7-5-3-2-4-6-10-23(30)29-14-8-9-22(29)26(33)27-15-12-21(13-16-27)25(32)28-17-19-35-20-18-28/h21-22H,2-20H2,1H3/t22-/m0/s1. The third-order valence-electron chi connectivity index (χ3n) is 7.59. The van der Waals surface area contributed by atoms with E-state index in [2.05, 4.69) is 4.74 Å². The monoisotopic (exact) mass is 493 g/mol. The van der Waals surface area contributed by atoms with Crippen molar-refractivity contribution < 1.29 is 28.7 Å². The van der Waals surface area contributed by atoms with Gasteiger partial charge in [-0.3, -0.25) is 19.2 Å². The fourth-order valence-electron chi connectivity index (χ4n) is 5.42.